The summed E-state index contributed by atoms with van der Waals surface area (Å²) in [6.07, 6.45) is 0. The van der Waals surface area contributed by atoms with Crippen molar-refractivity contribution in [3.05, 3.63) is 51.5 Å². The molecule has 0 radical (unpaired) electrons. The highest BCUT2D eigenvalue weighted by Gasteiger charge is 2.18. The van der Waals surface area contributed by atoms with E-state index in [1.165, 1.54) is 11.3 Å². The number of benzene rings is 1. The van der Waals surface area contributed by atoms with Gasteiger partial charge in [-0.2, -0.15) is 5.10 Å². The molecule has 0 fully saturated rings. The van der Waals surface area contributed by atoms with Gasteiger partial charge >= 0.3 is 0 Å². The van der Waals surface area contributed by atoms with Gasteiger partial charge < -0.3 is 4.90 Å². The molecule has 1 aromatic carbocycles. The Hall–Kier alpha value is -1.85. The lowest BCUT2D eigenvalue weighted by atomic mass is 10.2. The van der Waals surface area contributed by atoms with Crippen molar-refractivity contribution in [3.63, 3.8) is 0 Å². The monoisotopic (exact) mass is 333 g/mol. The summed E-state index contributed by atoms with van der Waals surface area (Å²) in [5.41, 5.74) is 1.97. The van der Waals surface area contributed by atoms with Gasteiger partial charge in [0.1, 0.15) is 4.83 Å². The zero-order valence-electron chi connectivity index (χ0n) is 12.6. The minimum absolute atomic E-state index is 0.0144. The number of carbonyl (C=O) groups excluding carboxylic acids is 1. The molecule has 0 unspecified atom stereocenters. The highest BCUT2D eigenvalue weighted by molar-refractivity contribution is 7.20. The van der Waals surface area contributed by atoms with Crippen LogP contribution in [0.25, 0.3) is 10.2 Å². The topological polar surface area (TPSA) is 38.1 Å². The molecule has 0 atom stereocenters. The Kier molecular flexibility index (Phi) is 3.93. The van der Waals surface area contributed by atoms with Gasteiger partial charge in [-0.25, -0.2) is 0 Å². The van der Waals surface area contributed by atoms with Gasteiger partial charge in [-0.3, -0.25) is 9.48 Å². The Morgan fingerprint density at radius 3 is 2.86 bits per heavy atom. The average molecular weight is 334 g/mol. The number of nitrogens with zero attached hydrogens (tertiary/aromatic N) is 3. The fourth-order valence-corrected chi connectivity index (χ4v) is 3.81. The molecule has 0 aliphatic heterocycles. The second-order valence-electron chi connectivity index (χ2n) is 5.33. The molecule has 0 saturated heterocycles. The van der Waals surface area contributed by atoms with E-state index < -0.39 is 0 Å². The second kappa shape index (κ2) is 5.74. The predicted octanol–water partition coefficient (Wildman–Crippen LogP) is 3.87. The van der Waals surface area contributed by atoms with Crippen LogP contribution in [0.15, 0.2) is 30.3 Å². The molecule has 1 amide bonds. The van der Waals surface area contributed by atoms with Crippen molar-refractivity contribution in [2.45, 2.75) is 13.5 Å². The number of rotatable bonds is 3. The number of carbonyl (C=O) groups is 1. The number of amides is 1. The molecule has 3 rings (SSSR count). The SMILES string of the molecule is Cc1nn(C)c2sc(C(=O)N(C)Cc3cccc(Cl)c3)cc12. The summed E-state index contributed by atoms with van der Waals surface area (Å²) in [6, 6.07) is 9.50. The molecular formula is C16H16ClN3OS. The maximum absolute atomic E-state index is 12.6. The van der Waals surface area contributed by atoms with Gasteiger partial charge in [-0.1, -0.05) is 23.7 Å². The van der Waals surface area contributed by atoms with E-state index >= 15 is 0 Å². The molecule has 114 valence electrons. The van der Waals surface area contributed by atoms with Gasteiger partial charge in [0.05, 0.1) is 10.6 Å². The van der Waals surface area contributed by atoms with Gasteiger partial charge in [-0.15, -0.1) is 11.3 Å². The van der Waals surface area contributed by atoms with Crippen molar-refractivity contribution in [2.24, 2.45) is 7.05 Å². The van der Waals surface area contributed by atoms with Crippen LogP contribution in [0.4, 0.5) is 0 Å². The first-order valence-corrected chi connectivity index (χ1v) is 8.08. The summed E-state index contributed by atoms with van der Waals surface area (Å²) in [5, 5.41) is 6.09. The Balaban J connectivity index is 1.83. The predicted molar refractivity (Wildman–Crippen MR) is 90.6 cm³/mol. The normalized spacial score (nSPS) is 11.1. The molecule has 22 heavy (non-hydrogen) atoms. The van der Waals surface area contributed by atoms with Crippen molar-refractivity contribution < 1.29 is 4.79 Å². The van der Waals surface area contributed by atoms with Crippen molar-refractivity contribution in [1.82, 2.24) is 14.7 Å². The number of fused-ring (bicyclic) bond motifs is 1. The van der Waals surface area contributed by atoms with Crippen LogP contribution in [0.1, 0.15) is 20.9 Å². The zero-order valence-corrected chi connectivity index (χ0v) is 14.2. The summed E-state index contributed by atoms with van der Waals surface area (Å²) < 4.78 is 1.82. The molecule has 3 aromatic rings. The second-order valence-corrected chi connectivity index (χ2v) is 6.80. The number of halogens is 1. The summed E-state index contributed by atoms with van der Waals surface area (Å²) in [4.78, 5) is 16.1. The lowest BCUT2D eigenvalue weighted by Crippen LogP contribution is -2.25. The van der Waals surface area contributed by atoms with E-state index in [9.17, 15) is 4.79 Å². The van der Waals surface area contributed by atoms with Crippen LogP contribution in [0.3, 0.4) is 0 Å². The van der Waals surface area contributed by atoms with Gasteiger partial charge in [0.25, 0.3) is 5.91 Å². The quantitative estimate of drug-likeness (QED) is 0.729. The average Bonchev–Trinajstić information content (AvgIpc) is 3.00. The van der Waals surface area contributed by atoms with E-state index in [1.54, 1.807) is 11.9 Å². The Morgan fingerprint density at radius 1 is 1.41 bits per heavy atom. The molecular weight excluding hydrogens is 318 g/mol. The van der Waals surface area contributed by atoms with E-state index in [1.807, 2.05) is 49.0 Å². The molecule has 4 nitrogen and oxygen atoms in total. The van der Waals surface area contributed by atoms with Gasteiger partial charge in [0.2, 0.25) is 0 Å². The molecule has 0 N–H and O–H groups in total. The van der Waals surface area contributed by atoms with E-state index in [0.717, 1.165) is 26.4 Å². The summed E-state index contributed by atoms with van der Waals surface area (Å²) in [7, 11) is 3.70. The number of thiophene rings is 1. The van der Waals surface area contributed by atoms with Gasteiger partial charge in [0.15, 0.2) is 0 Å². The molecule has 0 aliphatic rings. The minimum atomic E-state index is 0.0144. The zero-order chi connectivity index (χ0) is 15.9. The van der Waals surface area contributed by atoms with Gasteiger partial charge in [0, 0.05) is 31.0 Å². The van der Waals surface area contributed by atoms with E-state index in [-0.39, 0.29) is 5.91 Å². The van der Waals surface area contributed by atoms with Crippen LogP contribution >= 0.6 is 22.9 Å². The smallest absolute Gasteiger partial charge is 0.264 e. The van der Waals surface area contributed by atoms with Crippen LogP contribution in [0.5, 0.6) is 0 Å². The standard InChI is InChI=1S/C16H16ClN3OS/c1-10-13-8-14(22-16(13)20(3)18-10)15(21)19(2)9-11-5-4-6-12(17)7-11/h4-8H,9H2,1-3H3. The Morgan fingerprint density at radius 2 is 2.18 bits per heavy atom. The summed E-state index contributed by atoms with van der Waals surface area (Å²) >= 11 is 7.47. The first-order chi connectivity index (χ1) is 10.5. The number of hydrogen-bond donors (Lipinski definition) is 0. The van der Waals surface area contributed by atoms with Crippen LogP contribution in [0, 0.1) is 6.92 Å². The van der Waals surface area contributed by atoms with Crippen molar-refractivity contribution in [2.75, 3.05) is 7.05 Å². The number of aryl methyl sites for hydroxylation is 2. The maximum atomic E-state index is 12.6. The van der Waals surface area contributed by atoms with Crippen LogP contribution in [0.2, 0.25) is 5.02 Å². The highest BCUT2D eigenvalue weighted by Crippen LogP contribution is 2.28. The highest BCUT2D eigenvalue weighted by atomic mass is 35.5. The third-order valence-electron chi connectivity index (χ3n) is 3.56. The molecule has 0 spiro atoms. The van der Waals surface area contributed by atoms with E-state index in [2.05, 4.69) is 5.10 Å². The summed E-state index contributed by atoms with van der Waals surface area (Å²) in [5.74, 6) is 0.0144. The Bertz CT molecular complexity index is 818. The van der Waals surface area contributed by atoms with E-state index in [0.29, 0.717) is 11.6 Å². The van der Waals surface area contributed by atoms with Gasteiger partial charge in [-0.05, 0) is 30.7 Å². The molecule has 0 bridgehead atoms. The first-order valence-electron chi connectivity index (χ1n) is 6.89. The largest absolute Gasteiger partial charge is 0.337 e. The van der Waals surface area contributed by atoms with Crippen LogP contribution < -0.4 is 0 Å². The van der Waals surface area contributed by atoms with Crippen molar-refractivity contribution in [3.8, 4) is 0 Å². The third-order valence-corrected chi connectivity index (χ3v) is 4.99. The maximum Gasteiger partial charge on any atom is 0.264 e. The van der Waals surface area contributed by atoms with E-state index in [4.69, 9.17) is 11.6 Å². The number of aromatic nitrogens is 2. The van der Waals surface area contributed by atoms with Crippen LogP contribution in [-0.4, -0.2) is 27.6 Å². The lowest BCUT2D eigenvalue weighted by Gasteiger charge is -2.16. The molecule has 0 aliphatic carbocycles. The Labute approximate surface area is 137 Å². The third kappa shape index (κ3) is 2.74. The van der Waals surface area contributed by atoms with Crippen molar-refractivity contribution in [1.29, 1.82) is 0 Å². The fourth-order valence-electron chi connectivity index (χ4n) is 2.48. The van der Waals surface area contributed by atoms with Crippen molar-refractivity contribution >= 4 is 39.1 Å². The molecule has 2 heterocycles. The van der Waals surface area contributed by atoms with Crippen LogP contribution in [-0.2, 0) is 13.6 Å². The number of hydrogen-bond acceptors (Lipinski definition) is 3. The summed E-state index contributed by atoms with van der Waals surface area (Å²) in [6.45, 7) is 2.49. The molecule has 2 aromatic heterocycles. The molecule has 6 heteroatoms. The lowest BCUT2D eigenvalue weighted by molar-refractivity contribution is 0.0790. The fraction of sp³-hybridized carbons (Fsp3) is 0.250. The first kappa shape index (κ1) is 15.1. The minimum Gasteiger partial charge on any atom is -0.337 e. The molecule has 0 saturated carbocycles.